The molecule has 0 aliphatic heterocycles. The predicted octanol–water partition coefficient (Wildman–Crippen LogP) is 2.03. The van der Waals surface area contributed by atoms with Crippen LogP contribution in [0.2, 0.25) is 0 Å². The molecule has 1 aromatic carbocycles. The summed E-state index contributed by atoms with van der Waals surface area (Å²) in [6, 6.07) is 5.19. The van der Waals surface area contributed by atoms with Gasteiger partial charge in [-0.2, -0.15) is 0 Å². The zero-order valence-electron chi connectivity index (χ0n) is 14.3. The Labute approximate surface area is 153 Å². The summed E-state index contributed by atoms with van der Waals surface area (Å²) in [6.07, 6.45) is 1.84. The molecule has 2 N–H and O–H groups in total. The molecule has 3 rings (SSSR count). The molecule has 2 amide bonds. The van der Waals surface area contributed by atoms with Crippen molar-refractivity contribution >= 4 is 34.0 Å². The molecule has 26 heavy (non-hydrogen) atoms. The molecular formula is C16H17N7O2S. The summed E-state index contributed by atoms with van der Waals surface area (Å²) in [5.74, 6) is 0.202. The van der Waals surface area contributed by atoms with Gasteiger partial charge in [0.1, 0.15) is 5.82 Å². The van der Waals surface area contributed by atoms with Gasteiger partial charge in [0.05, 0.1) is 6.54 Å². The molecule has 0 saturated heterocycles. The average molecular weight is 371 g/mol. The van der Waals surface area contributed by atoms with E-state index in [-0.39, 0.29) is 18.2 Å². The first-order valence-electron chi connectivity index (χ1n) is 7.87. The molecule has 0 aliphatic carbocycles. The van der Waals surface area contributed by atoms with Gasteiger partial charge in [0.25, 0.3) is 5.91 Å². The topological polar surface area (TPSA) is 115 Å². The third-order valence-electron chi connectivity index (χ3n) is 3.77. The number of carbonyl (C=O) groups excluding carboxylic acids is 2. The van der Waals surface area contributed by atoms with Gasteiger partial charge in [-0.1, -0.05) is 6.07 Å². The molecular weight excluding hydrogens is 354 g/mol. The highest BCUT2D eigenvalue weighted by molar-refractivity contribution is 7.13. The Morgan fingerprint density at radius 1 is 1.23 bits per heavy atom. The number of thiazole rings is 1. The smallest absolute Gasteiger partial charge is 0.257 e. The molecule has 0 fully saturated rings. The molecule has 0 unspecified atom stereocenters. The van der Waals surface area contributed by atoms with E-state index in [1.165, 1.54) is 11.3 Å². The van der Waals surface area contributed by atoms with Gasteiger partial charge in [0, 0.05) is 29.2 Å². The molecule has 2 heterocycles. The average Bonchev–Trinajstić information content (AvgIpc) is 3.26. The van der Waals surface area contributed by atoms with E-state index >= 15 is 0 Å². The molecule has 0 radical (unpaired) electrons. The predicted molar refractivity (Wildman–Crippen MR) is 97.0 cm³/mol. The Morgan fingerprint density at radius 2 is 2.08 bits per heavy atom. The Bertz CT molecular complexity index is 921. The third-order valence-corrected chi connectivity index (χ3v) is 4.46. The molecule has 0 saturated carbocycles. The van der Waals surface area contributed by atoms with Crippen LogP contribution in [0.1, 0.15) is 28.2 Å². The molecule has 0 atom stereocenters. The van der Waals surface area contributed by atoms with Crippen molar-refractivity contribution in [2.45, 2.75) is 26.8 Å². The van der Waals surface area contributed by atoms with Gasteiger partial charge in [-0.3, -0.25) is 14.9 Å². The maximum Gasteiger partial charge on any atom is 0.257 e. The number of carbonyl (C=O) groups is 2. The lowest BCUT2D eigenvalue weighted by Gasteiger charge is -2.12. The lowest BCUT2D eigenvalue weighted by Crippen LogP contribution is -2.18. The monoisotopic (exact) mass is 371 g/mol. The van der Waals surface area contributed by atoms with Crippen LogP contribution in [0, 0.1) is 13.8 Å². The van der Waals surface area contributed by atoms with Crippen LogP contribution in [-0.4, -0.2) is 37.0 Å². The van der Waals surface area contributed by atoms with Crippen LogP contribution < -0.4 is 10.6 Å². The summed E-state index contributed by atoms with van der Waals surface area (Å²) >= 11 is 1.34. The van der Waals surface area contributed by atoms with E-state index in [0.29, 0.717) is 34.3 Å². The van der Waals surface area contributed by atoms with E-state index in [1.807, 2.05) is 0 Å². The van der Waals surface area contributed by atoms with Crippen LogP contribution in [-0.2, 0) is 11.3 Å². The minimum absolute atomic E-state index is 0.180. The van der Waals surface area contributed by atoms with Crippen LogP contribution in [0.4, 0.5) is 10.8 Å². The number of nitrogens with one attached hydrogen (secondary N) is 2. The molecule has 3 aromatic rings. The van der Waals surface area contributed by atoms with Gasteiger partial charge in [0.2, 0.25) is 5.91 Å². The minimum atomic E-state index is -0.266. The van der Waals surface area contributed by atoms with Crippen molar-refractivity contribution in [1.82, 2.24) is 25.2 Å². The quantitative estimate of drug-likeness (QED) is 0.685. The number of aryl methyl sites for hydroxylation is 2. The molecule has 0 bridgehead atoms. The fourth-order valence-electron chi connectivity index (χ4n) is 2.34. The normalized spacial score (nSPS) is 10.5. The number of nitrogens with zero attached hydrogens (tertiary/aromatic N) is 5. The number of rotatable bonds is 6. The number of aromatic nitrogens is 5. The van der Waals surface area contributed by atoms with Crippen molar-refractivity contribution in [3.05, 3.63) is 46.7 Å². The van der Waals surface area contributed by atoms with E-state index < -0.39 is 0 Å². The maximum atomic E-state index is 12.4. The standard InChI is InChI=1S/C16H17N7O2S/c1-10-12(15(25)19-16-17-7-9-26-16)4-3-5-13(10)18-14(24)6-8-23-11(2)20-21-22-23/h3-5,7,9H,6,8H2,1-2H3,(H,18,24)(H,17,19,25). The van der Waals surface area contributed by atoms with Gasteiger partial charge < -0.3 is 5.32 Å². The van der Waals surface area contributed by atoms with Crippen LogP contribution in [0.5, 0.6) is 0 Å². The zero-order chi connectivity index (χ0) is 18.5. The van der Waals surface area contributed by atoms with Crippen molar-refractivity contribution in [3.63, 3.8) is 0 Å². The zero-order valence-corrected chi connectivity index (χ0v) is 15.1. The van der Waals surface area contributed by atoms with E-state index in [4.69, 9.17) is 0 Å². The second kappa shape index (κ2) is 7.83. The fourth-order valence-corrected chi connectivity index (χ4v) is 2.87. The second-order valence-corrected chi connectivity index (χ2v) is 6.41. The Morgan fingerprint density at radius 3 is 2.77 bits per heavy atom. The third kappa shape index (κ3) is 4.09. The summed E-state index contributed by atoms with van der Waals surface area (Å²) in [6.45, 7) is 3.94. The Kier molecular flexibility index (Phi) is 5.32. The first-order chi connectivity index (χ1) is 12.5. The summed E-state index contributed by atoms with van der Waals surface area (Å²) in [5.41, 5.74) is 1.76. The first kappa shape index (κ1) is 17.7. The number of amides is 2. The van der Waals surface area contributed by atoms with Gasteiger partial charge in [-0.25, -0.2) is 9.67 Å². The number of benzene rings is 1. The van der Waals surface area contributed by atoms with Gasteiger partial charge >= 0.3 is 0 Å². The molecule has 134 valence electrons. The second-order valence-electron chi connectivity index (χ2n) is 5.52. The molecule has 0 spiro atoms. The number of tetrazole rings is 1. The summed E-state index contributed by atoms with van der Waals surface area (Å²) in [7, 11) is 0. The van der Waals surface area contributed by atoms with Gasteiger partial charge in [0.15, 0.2) is 5.13 Å². The molecule has 10 heteroatoms. The van der Waals surface area contributed by atoms with Crippen molar-refractivity contribution in [2.75, 3.05) is 10.6 Å². The Balaban J connectivity index is 1.65. The highest BCUT2D eigenvalue weighted by atomic mass is 32.1. The number of hydrogen-bond donors (Lipinski definition) is 2. The Hall–Kier alpha value is -3.14. The first-order valence-corrected chi connectivity index (χ1v) is 8.75. The van der Waals surface area contributed by atoms with E-state index in [9.17, 15) is 9.59 Å². The SMILES string of the molecule is Cc1c(NC(=O)CCn2nnnc2C)cccc1C(=O)Nc1nccs1. The van der Waals surface area contributed by atoms with E-state index in [2.05, 4.69) is 31.1 Å². The largest absolute Gasteiger partial charge is 0.326 e. The van der Waals surface area contributed by atoms with Crippen LogP contribution >= 0.6 is 11.3 Å². The minimum Gasteiger partial charge on any atom is -0.326 e. The van der Waals surface area contributed by atoms with Crippen molar-refractivity contribution < 1.29 is 9.59 Å². The van der Waals surface area contributed by atoms with E-state index in [0.717, 1.165) is 0 Å². The van der Waals surface area contributed by atoms with Crippen LogP contribution in [0.15, 0.2) is 29.8 Å². The van der Waals surface area contributed by atoms with Gasteiger partial charge in [-0.15, -0.1) is 16.4 Å². The van der Waals surface area contributed by atoms with Gasteiger partial charge in [-0.05, 0) is 42.0 Å². The molecule has 9 nitrogen and oxygen atoms in total. The van der Waals surface area contributed by atoms with Crippen LogP contribution in [0.25, 0.3) is 0 Å². The fraction of sp³-hybridized carbons (Fsp3) is 0.250. The summed E-state index contributed by atoms with van der Waals surface area (Å²) in [4.78, 5) is 28.6. The maximum absolute atomic E-state index is 12.4. The highest BCUT2D eigenvalue weighted by Gasteiger charge is 2.14. The van der Waals surface area contributed by atoms with Crippen LogP contribution in [0.3, 0.4) is 0 Å². The molecule has 0 aliphatic rings. The van der Waals surface area contributed by atoms with Crippen molar-refractivity contribution in [3.8, 4) is 0 Å². The van der Waals surface area contributed by atoms with Crippen molar-refractivity contribution in [1.29, 1.82) is 0 Å². The highest BCUT2D eigenvalue weighted by Crippen LogP contribution is 2.21. The summed E-state index contributed by atoms with van der Waals surface area (Å²) in [5, 5.41) is 19.0. The number of hydrogen-bond acceptors (Lipinski definition) is 7. The summed E-state index contributed by atoms with van der Waals surface area (Å²) < 4.78 is 1.56. The lowest BCUT2D eigenvalue weighted by atomic mass is 10.1. The molecule has 2 aromatic heterocycles. The van der Waals surface area contributed by atoms with Crippen molar-refractivity contribution in [2.24, 2.45) is 0 Å². The number of anilines is 2. The lowest BCUT2D eigenvalue weighted by molar-refractivity contribution is -0.116. The van der Waals surface area contributed by atoms with E-state index in [1.54, 1.807) is 48.3 Å².